The number of aliphatic hydroxyl groups excluding tert-OH is 2. The Balaban J connectivity index is 1.93. The standard InChI is InChI=1S/C19H25NO4/c1-2-14-4-5-17-16(8-14)15(9-18(23)24-17)10-20-7-3-6-19(11-20,12-21)13-22/h4-5,8-9,21-22H,2-3,6-7,10-13H2,1H3. The highest BCUT2D eigenvalue weighted by atomic mass is 16.4. The maximum absolute atomic E-state index is 11.9. The number of fused-ring (bicyclic) bond motifs is 1. The van der Waals surface area contributed by atoms with Gasteiger partial charge in [-0.2, -0.15) is 0 Å². The molecule has 0 atom stereocenters. The number of aryl methyl sites for hydroxylation is 1. The van der Waals surface area contributed by atoms with E-state index in [1.807, 2.05) is 12.1 Å². The minimum Gasteiger partial charge on any atom is -0.423 e. The Morgan fingerprint density at radius 2 is 2.04 bits per heavy atom. The van der Waals surface area contributed by atoms with Gasteiger partial charge in [0.1, 0.15) is 5.58 Å². The first-order valence-corrected chi connectivity index (χ1v) is 8.59. The van der Waals surface area contributed by atoms with Crippen LogP contribution >= 0.6 is 0 Å². The van der Waals surface area contributed by atoms with Crippen LogP contribution in [-0.2, 0) is 13.0 Å². The number of nitrogens with zero attached hydrogens (tertiary/aromatic N) is 1. The second kappa shape index (κ2) is 7.05. The highest BCUT2D eigenvalue weighted by molar-refractivity contribution is 5.80. The summed E-state index contributed by atoms with van der Waals surface area (Å²) in [5.41, 5.74) is 1.98. The van der Waals surface area contributed by atoms with Crippen LogP contribution in [0.25, 0.3) is 11.0 Å². The van der Waals surface area contributed by atoms with Crippen LogP contribution in [0.4, 0.5) is 0 Å². The lowest BCUT2D eigenvalue weighted by molar-refractivity contribution is -0.0131. The molecule has 0 saturated carbocycles. The zero-order valence-electron chi connectivity index (χ0n) is 14.1. The van der Waals surface area contributed by atoms with Gasteiger partial charge in [-0.25, -0.2) is 4.79 Å². The van der Waals surface area contributed by atoms with Gasteiger partial charge in [-0.15, -0.1) is 0 Å². The summed E-state index contributed by atoms with van der Waals surface area (Å²) < 4.78 is 5.32. The molecule has 1 fully saturated rings. The minimum atomic E-state index is -0.442. The molecule has 0 unspecified atom stereocenters. The molecule has 3 rings (SSSR count). The van der Waals surface area contributed by atoms with Crippen molar-refractivity contribution in [1.82, 2.24) is 4.90 Å². The Morgan fingerprint density at radius 3 is 2.75 bits per heavy atom. The quantitative estimate of drug-likeness (QED) is 0.819. The lowest BCUT2D eigenvalue weighted by atomic mass is 9.81. The Kier molecular flexibility index (Phi) is 5.04. The molecule has 1 aliphatic heterocycles. The van der Waals surface area contributed by atoms with E-state index in [0.29, 0.717) is 18.7 Å². The highest BCUT2D eigenvalue weighted by Gasteiger charge is 2.34. The SMILES string of the molecule is CCc1ccc2oc(=O)cc(CN3CCCC(CO)(CO)C3)c2c1. The first kappa shape index (κ1) is 17.1. The summed E-state index contributed by atoms with van der Waals surface area (Å²) in [7, 11) is 0. The van der Waals surface area contributed by atoms with Crippen molar-refractivity contribution in [2.45, 2.75) is 32.7 Å². The number of hydrogen-bond donors (Lipinski definition) is 2. The van der Waals surface area contributed by atoms with Gasteiger partial charge in [0.2, 0.25) is 0 Å². The number of aliphatic hydroxyl groups is 2. The van der Waals surface area contributed by atoms with Crippen LogP contribution in [0.3, 0.4) is 0 Å². The fourth-order valence-electron chi connectivity index (χ4n) is 3.62. The third kappa shape index (κ3) is 3.38. The molecule has 0 aliphatic carbocycles. The van der Waals surface area contributed by atoms with Crippen LogP contribution < -0.4 is 5.63 Å². The maximum Gasteiger partial charge on any atom is 0.336 e. The molecule has 2 aromatic rings. The van der Waals surface area contributed by atoms with E-state index in [2.05, 4.69) is 17.9 Å². The van der Waals surface area contributed by atoms with Gasteiger partial charge in [0.05, 0.1) is 13.2 Å². The predicted molar refractivity (Wildman–Crippen MR) is 93.0 cm³/mol. The van der Waals surface area contributed by atoms with Crippen molar-refractivity contribution in [3.8, 4) is 0 Å². The van der Waals surface area contributed by atoms with Crippen molar-refractivity contribution < 1.29 is 14.6 Å². The molecule has 5 nitrogen and oxygen atoms in total. The topological polar surface area (TPSA) is 73.9 Å². The average Bonchev–Trinajstić information content (AvgIpc) is 2.61. The first-order chi connectivity index (χ1) is 11.6. The number of rotatable bonds is 5. The molecule has 0 amide bonds. The molecule has 0 radical (unpaired) electrons. The number of hydrogen-bond acceptors (Lipinski definition) is 5. The lowest BCUT2D eigenvalue weighted by Crippen LogP contribution is -2.47. The normalized spacial score (nSPS) is 18.1. The Labute approximate surface area is 141 Å². The van der Waals surface area contributed by atoms with Crippen LogP contribution in [0, 0.1) is 5.41 Å². The zero-order chi connectivity index (χ0) is 17.2. The van der Waals surface area contributed by atoms with Gasteiger partial charge in [0, 0.05) is 30.0 Å². The van der Waals surface area contributed by atoms with E-state index in [1.54, 1.807) is 6.07 Å². The Bertz CT molecular complexity index is 764. The second-order valence-corrected chi connectivity index (χ2v) is 6.91. The smallest absolute Gasteiger partial charge is 0.336 e. The molecule has 1 saturated heterocycles. The van der Waals surface area contributed by atoms with E-state index in [1.165, 1.54) is 5.56 Å². The van der Waals surface area contributed by atoms with Crippen LogP contribution in [0.1, 0.15) is 30.9 Å². The van der Waals surface area contributed by atoms with Crippen molar-refractivity contribution in [3.05, 3.63) is 45.8 Å². The van der Waals surface area contributed by atoms with E-state index in [9.17, 15) is 15.0 Å². The molecule has 0 spiro atoms. The average molecular weight is 331 g/mol. The third-order valence-electron chi connectivity index (χ3n) is 5.11. The van der Waals surface area contributed by atoms with Gasteiger partial charge in [-0.3, -0.25) is 4.90 Å². The van der Waals surface area contributed by atoms with Gasteiger partial charge in [-0.05, 0) is 49.1 Å². The van der Waals surface area contributed by atoms with Crippen molar-refractivity contribution in [1.29, 1.82) is 0 Å². The number of benzene rings is 1. The van der Waals surface area contributed by atoms with E-state index >= 15 is 0 Å². The van der Waals surface area contributed by atoms with Crippen molar-refractivity contribution in [2.24, 2.45) is 5.41 Å². The lowest BCUT2D eigenvalue weighted by Gasteiger charge is -2.40. The summed E-state index contributed by atoms with van der Waals surface area (Å²) in [6.45, 7) is 4.22. The van der Waals surface area contributed by atoms with Gasteiger partial charge in [0.15, 0.2) is 0 Å². The van der Waals surface area contributed by atoms with E-state index in [0.717, 1.165) is 36.8 Å². The Morgan fingerprint density at radius 1 is 1.25 bits per heavy atom. The molecular weight excluding hydrogens is 306 g/mol. The number of likely N-dealkylation sites (tertiary alicyclic amines) is 1. The van der Waals surface area contributed by atoms with Gasteiger partial charge in [0.25, 0.3) is 0 Å². The van der Waals surface area contributed by atoms with Crippen LogP contribution in [0.5, 0.6) is 0 Å². The summed E-state index contributed by atoms with van der Waals surface area (Å²) in [4.78, 5) is 14.1. The fraction of sp³-hybridized carbons (Fsp3) is 0.526. The molecule has 2 heterocycles. The van der Waals surface area contributed by atoms with Crippen molar-refractivity contribution in [3.63, 3.8) is 0 Å². The van der Waals surface area contributed by atoms with Crippen molar-refractivity contribution >= 4 is 11.0 Å². The summed E-state index contributed by atoms with van der Waals surface area (Å²) >= 11 is 0. The molecule has 130 valence electrons. The van der Waals surface area contributed by atoms with E-state index in [4.69, 9.17) is 4.42 Å². The van der Waals surface area contributed by atoms with Crippen LogP contribution in [-0.4, -0.2) is 41.4 Å². The van der Waals surface area contributed by atoms with Crippen LogP contribution in [0.2, 0.25) is 0 Å². The highest BCUT2D eigenvalue weighted by Crippen LogP contribution is 2.30. The Hall–Kier alpha value is -1.69. The zero-order valence-corrected chi connectivity index (χ0v) is 14.1. The van der Waals surface area contributed by atoms with Gasteiger partial charge in [-0.1, -0.05) is 13.0 Å². The molecular formula is C19H25NO4. The maximum atomic E-state index is 11.9. The molecule has 1 aromatic heterocycles. The number of piperidine rings is 1. The summed E-state index contributed by atoms with van der Waals surface area (Å²) in [5, 5.41) is 20.3. The van der Waals surface area contributed by atoms with Crippen LogP contribution in [0.15, 0.2) is 33.5 Å². The van der Waals surface area contributed by atoms with Crippen molar-refractivity contribution in [2.75, 3.05) is 26.3 Å². The largest absolute Gasteiger partial charge is 0.423 e. The third-order valence-corrected chi connectivity index (χ3v) is 5.11. The molecule has 1 aliphatic rings. The molecule has 24 heavy (non-hydrogen) atoms. The summed E-state index contributed by atoms with van der Waals surface area (Å²) in [5.74, 6) is 0. The summed E-state index contributed by atoms with van der Waals surface area (Å²) in [6, 6.07) is 7.50. The first-order valence-electron chi connectivity index (χ1n) is 8.59. The van der Waals surface area contributed by atoms with E-state index in [-0.39, 0.29) is 18.8 Å². The summed E-state index contributed by atoms with van der Waals surface area (Å²) in [6.07, 6.45) is 2.69. The molecule has 5 heteroatoms. The van der Waals surface area contributed by atoms with Gasteiger partial charge >= 0.3 is 5.63 Å². The monoisotopic (exact) mass is 331 g/mol. The molecule has 1 aromatic carbocycles. The molecule has 0 bridgehead atoms. The van der Waals surface area contributed by atoms with E-state index < -0.39 is 5.41 Å². The van der Waals surface area contributed by atoms with Gasteiger partial charge < -0.3 is 14.6 Å². The minimum absolute atomic E-state index is 0.0162. The fourth-order valence-corrected chi connectivity index (χ4v) is 3.62. The second-order valence-electron chi connectivity index (χ2n) is 6.91. The molecule has 2 N–H and O–H groups in total. The predicted octanol–water partition coefficient (Wildman–Crippen LogP) is 1.92.